The van der Waals surface area contributed by atoms with Crippen molar-refractivity contribution < 1.29 is 45.7 Å². The summed E-state index contributed by atoms with van der Waals surface area (Å²) >= 11 is 0. The zero-order chi connectivity index (χ0) is 18.4. The predicted molar refractivity (Wildman–Crippen MR) is 91.8 cm³/mol. The average molecular weight is 424 g/mol. The average Bonchev–Trinajstić information content (AvgIpc) is 2.42. The molecule has 0 aliphatic rings. The van der Waals surface area contributed by atoms with Gasteiger partial charge in [-0.3, -0.25) is 9.11 Å². The fourth-order valence-corrected chi connectivity index (χ4v) is 3.74. The minimum atomic E-state index is -5.11. The van der Waals surface area contributed by atoms with Crippen molar-refractivity contribution in [3.8, 4) is 0 Å². The zero-order valence-corrected chi connectivity index (χ0v) is 13.0. The molecule has 10 nitrogen and oxygen atoms in total. The van der Waals surface area contributed by atoms with Gasteiger partial charge in [0.05, 0.1) is 11.1 Å². The zero-order valence-electron chi connectivity index (χ0n) is 11.4. The van der Waals surface area contributed by atoms with E-state index in [2.05, 4.69) is 0 Å². The summed E-state index contributed by atoms with van der Waals surface area (Å²) in [6, 6.07) is 2.78. The first-order valence-corrected chi connectivity index (χ1v) is 8.74. The molecule has 0 atom stereocenters. The first-order chi connectivity index (χ1) is 10.8. The Balaban J connectivity index is 0.00000312. The SMILES string of the molecule is O=C(O)c1ccc2c(S(=O)(=O)O)c(C(=O)O)cc(S(=O)(=O)O)c2c1.[NaH].[NaH]. The first-order valence-electron chi connectivity index (χ1n) is 5.86. The summed E-state index contributed by atoms with van der Waals surface area (Å²) in [5, 5.41) is 16.9. The Morgan fingerprint density at radius 2 is 1.31 bits per heavy atom. The summed E-state index contributed by atoms with van der Waals surface area (Å²) in [6.07, 6.45) is 0. The summed E-state index contributed by atoms with van der Waals surface area (Å²) in [6.45, 7) is 0. The number of carbonyl (C=O) groups is 2. The fraction of sp³-hybridized carbons (Fsp3) is 0. The van der Waals surface area contributed by atoms with Gasteiger partial charge >= 0.3 is 71.1 Å². The molecular formula is C12H10Na2O10S2. The maximum absolute atomic E-state index is 11.5. The van der Waals surface area contributed by atoms with Crippen LogP contribution in [-0.2, 0) is 20.2 Å². The van der Waals surface area contributed by atoms with Crippen molar-refractivity contribution in [2.75, 3.05) is 0 Å². The van der Waals surface area contributed by atoms with Crippen LogP contribution in [-0.4, -0.2) is 107 Å². The number of benzene rings is 2. The molecule has 0 heterocycles. The van der Waals surface area contributed by atoms with Gasteiger partial charge in [0.25, 0.3) is 20.2 Å². The normalized spacial score (nSPS) is 11.3. The van der Waals surface area contributed by atoms with Crippen molar-refractivity contribution in [2.24, 2.45) is 0 Å². The van der Waals surface area contributed by atoms with Gasteiger partial charge in [0.1, 0.15) is 9.79 Å². The Bertz CT molecular complexity index is 1110. The van der Waals surface area contributed by atoms with Crippen molar-refractivity contribution in [3.63, 3.8) is 0 Å². The van der Waals surface area contributed by atoms with E-state index in [0.717, 1.165) is 18.2 Å². The van der Waals surface area contributed by atoms with Crippen molar-refractivity contribution in [3.05, 3.63) is 35.4 Å². The van der Waals surface area contributed by atoms with Gasteiger partial charge in [-0.2, -0.15) is 16.8 Å². The van der Waals surface area contributed by atoms with Gasteiger partial charge in [-0.05, 0) is 18.2 Å². The number of fused-ring (bicyclic) bond motifs is 1. The van der Waals surface area contributed by atoms with Crippen molar-refractivity contribution in [1.82, 2.24) is 0 Å². The van der Waals surface area contributed by atoms with Gasteiger partial charge in [0.2, 0.25) is 0 Å². The Kier molecular flexibility index (Phi) is 8.47. The summed E-state index contributed by atoms with van der Waals surface area (Å²) in [7, 11) is -10.1. The van der Waals surface area contributed by atoms with Crippen LogP contribution in [0.1, 0.15) is 20.7 Å². The quantitative estimate of drug-likeness (QED) is 0.366. The monoisotopic (exact) mass is 424 g/mol. The Hall–Kier alpha value is -0.540. The summed E-state index contributed by atoms with van der Waals surface area (Å²) in [4.78, 5) is 20.1. The van der Waals surface area contributed by atoms with Gasteiger partial charge in [-0.1, -0.05) is 6.07 Å². The van der Waals surface area contributed by atoms with E-state index in [9.17, 15) is 35.5 Å². The van der Waals surface area contributed by atoms with Crippen LogP contribution in [0, 0.1) is 0 Å². The molecule has 26 heavy (non-hydrogen) atoms. The fourth-order valence-electron chi connectivity index (χ4n) is 2.15. The second kappa shape index (κ2) is 8.65. The minimum absolute atomic E-state index is 0. The number of carboxylic acids is 2. The standard InChI is InChI=1S/C12H8O10S2.2Na.2H/c13-11(14)5-1-2-6-7(3-5)9(23(17,18)19)4-8(12(15)16)10(6)24(20,21)22;;;;/h1-4H,(H,13,14)(H,15,16)(H,17,18,19)(H,20,21,22);;;;. The van der Waals surface area contributed by atoms with Crippen molar-refractivity contribution >= 4 is 102 Å². The number of carboxylic acid groups (broad SMARTS) is 2. The van der Waals surface area contributed by atoms with Crippen LogP contribution in [0.4, 0.5) is 0 Å². The molecule has 132 valence electrons. The van der Waals surface area contributed by atoms with E-state index in [1.807, 2.05) is 0 Å². The molecule has 0 aliphatic heterocycles. The van der Waals surface area contributed by atoms with E-state index in [0.29, 0.717) is 6.07 Å². The molecule has 2 rings (SSSR count). The molecule has 0 radical (unpaired) electrons. The number of hydrogen-bond acceptors (Lipinski definition) is 6. The topological polar surface area (TPSA) is 183 Å². The molecule has 0 amide bonds. The summed E-state index contributed by atoms with van der Waals surface area (Å²) in [5.41, 5.74) is -1.54. The van der Waals surface area contributed by atoms with Crippen LogP contribution in [0.5, 0.6) is 0 Å². The molecule has 2 aromatic carbocycles. The van der Waals surface area contributed by atoms with Crippen LogP contribution in [0.3, 0.4) is 0 Å². The molecular weight excluding hydrogens is 414 g/mol. The Labute approximate surface area is 191 Å². The molecule has 14 heteroatoms. The van der Waals surface area contributed by atoms with E-state index in [1.165, 1.54) is 0 Å². The van der Waals surface area contributed by atoms with E-state index >= 15 is 0 Å². The number of hydrogen-bond donors (Lipinski definition) is 4. The van der Waals surface area contributed by atoms with Crippen LogP contribution in [0.25, 0.3) is 10.8 Å². The summed E-state index contributed by atoms with van der Waals surface area (Å²) < 4.78 is 64.5. The van der Waals surface area contributed by atoms with Crippen LogP contribution in [0.2, 0.25) is 0 Å². The van der Waals surface area contributed by atoms with Gasteiger partial charge in [-0.25, -0.2) is 9.59 Å². The third kappa shape index (κ3) is 5.04. The Morgan fingerprint density at radius 3 is 1.69 bits per heavy atom. The molecule has 0 unspecified atom stereocenters. The molecule has 0 aromatic heterocycles. The summed E-state index contributed by atoms with van der Waals surface area (Å²) in [5.74, 6) is -3.36. The van der Waals surface area contributed by atoms with E-state index in [4.69, 9.17) is 10.2 Å². The number of rotatable bonds is 4. The van der Waals surface area contributed by atoms with Gasteiger partial charge in [-0.15, -0.1) is 0 Å². The van der Waals surface area contributed by atoms with Crippen LogP contribution >= 0.6 is 0 Å². The van der Waals surface area contributed by atoms with Gasteiger partial charge < -0.3 is 10.2 Å². The van der Waals surface area contributed by atoms with Gasteiger partial charge in [0.15, 0.2) is 0 Å². The molecule has 0 saturated carbocycles. The van der Waals surface area contributed by atoms with E-state index < -0.39 is 63.9 Å². The third-order valence-corrected chi connectivity index (χ3v) is 4.91. The van der Waals surface area contributed by atoms with Crippen LogP contribution in [0.15, 0.2) is 34.1 Å². The van der Waals surface area contributed by atoms with Crippen molar-refractivity contribution in [1.29, 1.82) is 0 Å². The molecule has 0 aliphatic carbocycles. The molecule has 4 N–H and O–H groups in total. The predicted octanol–water partition coefficient (Wildman–Crippen LogP) is -0.567. The second-order valence-corrected chi connectivity index (χ2v) is 7.32. The Morgan fingerprint density at radius 1 is 0.769 bits per heavy atom. The van der Waals surface area contributed by atoms with Crippen LogP contribution < -0.4 is 0 Å². The molecule has 0 fully saturated rings. The molecule has 0 bridgehead atoms. The second-order valence-electron chi connectivity index (χ2n) is 4.57. The molecule has 0 saturated heterocycles. The first kappa shape index (κ1) is 25.5. The number of aromatic carboxylic acids is 2. The maximum atomic E-state index is 11.5. The molecule has 0 spiro atoms. The van der Waals surface area contributed by atoms with Crippen molar-refractivity contribution in [2.45, 2.75) is 9.79 Å². The van der Waals surface area contributed by atoms with E-state index in [-0.39, 0.29) is 59.1 Å². The van der Waals surface area contributed by atoms with E-state index in [1.54, 1.807) is 0 Å². The van der Waals surface area contributed by atoms with Gasteiger partial charge in [0, 0.05) is 10.8 Å². The third-order valence-electron chi connectivity index (χ3n) is 3.06. The molecule has 2 aromatic rings.